The minimum Gasteiger partial charge on any atom is -0.463 e. The zero-order valence-electron chi connectivity index (χ0n) is 10.1. The van der Waals surface area contributed by atoms with Crippen LogP contribution in [0.3, 0.4) is 0 Å². The Labute approximate surface area is 114 Å². The van der Waals surface area contributed by atoms with Crippen molar-refractivity contribution in [2.75, 3.05) is 6.61 Å². The molecule has 0 unspecified atom stereocenters. The molecule has 1 rings (SSSR count). The van der Waals surface area contributed by atoms with Gasteiger partial charge in [-0.1, -0.05) is 0 Å². The van der Waals surface area contributed by atoms with Crippen molar-refractivity contribution in [2.45, 2.75) is 13.8 Å². The molecule has 1 aromatic rings. The third-order valence-corrected chi connectivity index (χ3v) is 2.59. The maximum absolute atomic E-state index is 11.2. The molecule has 0 saturated carbocycles. The van der Waals surface area contributed by atoms with Gasteiger partial charge in [0.2, 0.25) is 0 Å². The van der Waals surface area contributed by atoms with Crippen molar-refractivity contribution in [3.63, 3.8) is 0 Å². The molecule has 0 N–H and O–H groups in total. The average molecular weight is 313 g/mol. The van der Waals surface area contributed by atoms with Gasteiger partial charge in [-0.25, -0.2) is 4.79 Å². The highest BCUT2D eigenvalue weighted by molar-refractivity contribution is 9.10. The van der Waals surface area contributed by atoms with Crippen molar-refractivity contribution < 1.29 is 19.1 Å². The fourth-order valence-electron chi connectivity index (χ4n) is 1.23. The first-order chi connectivity index (χ1) is 8.56. The van der Waals surface area contributed by atoms with Crippen LogP contribution in [0.2, 0.25) is 0 Å². The Morgan fingerprint density at radius 1 is 1.44 bits per heavy atom. The van der Waals surface area contributed by atoms with E-state index in [1.165, 1.54) is 6.08 Å². The van der Waals surface area contributed by atoms with Gasteiger partial charge in [0.05, 0.1) is 17.2 Å². The van der Waals surface area contributed by atoms with E-state index in [1.807, 2.05) is 0 Å². The quantitative estimate of drug-likeness (QED) is 0.363. The predicted molar refractivity (Wildman–Crippen MR) is 70.5 cm³/mol. The van der Waals surface area contributed by atoms with Gasteiger partial charge in [0.1, 0.15) is 17.8 Å². The fraction of sp³-hybridized carbons (Fsp3) is 0.231. The van der Waals surface area contributed by atoms with Crippen LogP contribution in [0.5, 0.6) is 5.75 Å². The van der Waals surface area contributed by atoms with Gasteiger partial charge in [0.15, 0.2) is 0 Å². The summed E-state index contributed by atoms with van der Waals surface area (Å²) < 4.78 is 10.9. The number of hydrogen-bond acceptors (Lipinski definition) is 4. The molecular weight excluding hydrogens is 300 g/mol. The summed E-state index contributed by atoms with van der Waals surface area (Å²) >= 11 is 3.29. The largest absolute Gasteiger partial charge is 0.463 e. The number of aldehydes is 1. The molecule has 0 saturated heterocycles. The molecule has 0 heterocycles. The van der Waals surface area contributed by atoms with Crippen molar-refractivity contribution in [1.29, 1.82) is 0 Å². The third kappa shape index (κ3) is 4.33. The third-order valence-electron chi connectivity index (χ3n) is 1.97. The number of carbonyl (C=O) groups excluding carboxylic acids is 2. The molecule has 18 heavy (non-hydrogen) atoms. The lowest BCUT2D eigenvalue weighted by Crippen LogP contribution is -2.03. The SMILES string of the molecule is CCOC(=O)C=C(C)Oc1ccc(C=O)cc1Br. The highest BCUT2D eigenvalue weighted by atomic mass is 79.9. The standard InChI is InChI=1S/C13H13BrO4/c1-3-17-13(16)6-9(2)18-12-5-4-10(8-15)7-11(12)14/h4-8H,3H2,1-2H3. The first-order valence-corrected chi connectivity index (χ1v) is 6.13. The predicted octanol–water partition coefficient (Wildman–Crippen LogP) is 3.11. The van der Waals surface area contributed by atoms with Crippen LogP contribution in [-0.4, -0.2) is 18.9 Å². The summed E-state index contributed by atoms with van der Waals surface area (Å²) in [5, 5.41) is 0. The first-order valence-electron chi connectivity index (χ1n) is 5.34. The molecule has 0 aliphatic heterocycles. The molecule has 0 fully saturated rings. The van der Waals surface area contributed by atoms with Crippen LogP contribution in [0, 0.1) is 0 Å². The van der Waals surface area contributed by atoms with E-state index < -0.39 is 5.97 Å². The van der Waals surface area contributed by atoms with Crippen LogP contribution < -0.4 is 4.74 Å². The van der Waals surface area contributed by atoms with E-state index in [0.29, 0.717) is 28.2 Å². The number of carbonyl (C=O) groups is 2. The second-order valence-electron chi connectivity index (χ2n) is 3.42. The summed E-state index contributed by atoms with van der Waals surface area (Å²) in [5.41, 5.74) is 0.543. The highest BCUT2D eigenvalue weighted by Crippen LogP contribution is 2.27. The van der Waals surface area contributed by atoms with Gasteiger partial charge in [-0.2, -0.15) is 0 Å². The molecule has 0 atom stereocenters. The topological polar surface area (TPSA) is 52.6 Å². The Balaban J connectivity index is 2.78. The monoisotopic (exact) mass is 312 g/mol. The van der Waals surface area contributed by atoms with Gasteiger partial charge in [-0.15, -0.1) is 0 Å². The smallest absolute Gasteiger partial charge is 0.334 e. The lowest BCUT2D eigenvalue weighted by molar-refractivity contribution is -0.137. The molecule has 0 aliphatic carbocycles. The number of rotatable bonds is 5. The summed E-state index contributed by atoms with van der Waals surface area (Å²) in [5.74, 6) is 0.488. The number of benzene rings is 1. The van der Waals surface area contributed by atoms with Gasteiger partial charge in [0.25, 0.3) is 0 Å². The lowest BCUT2D eigenvalue weighted by atomic mass is 10.2. The van der Waals surface area contributed by atoms with Crippen molar-refractivity contribution in [2.24, 2.45) is 0 Å². The van der Waals surface area contributed by atoms with Gasteiger partial charge < -0.3 is 9.47 Å². The Hall–Kier alpha value is -1.62. The summed E-state index contributed by atoms with van der Waals surface area (Å²) in [6.07, 6.45) is 2.01. The van der Waals surface area contributed by atoms with Gasteiger partial charge in [-0.05, 0) is 48.0 Å². The Morgan fingerprint density at radius 3 is 2.72 bits per heavy atom. The number of hydrogen-bond donors (Lipinski definition) is 0. The number of esters is 1. The molecule has 96 valence electrons. The molecular formula is C13H13BrO4. The lowest BCUT2D eigenvalue weighted by Gasteiger charge is -2.08. The first kappa shape index (κ1) is 14.4. The molecule has 0 bridgehead atoms. The minimum absolute atomic E-state index is 0.320. The fourth-order valence-corrected chi connectivity index (χ4v) is 1.70. The van der Waals surface area contributed by atoms with Crippen LogP contribution in [0.4, 0.5) is 0 Å². The minimum atomic E-state index is -0.448. The Kier molecular flexibility index (Phi) is 5.58. The molecule has 5 heteroatoms. The van der Waals surface area contributed by atoms with E-state index in [4.69, 9.17) is 9.47 Å². The van der Waals surface area contributed by atoms with Crippen molar-refractivity contribution in [3.8, 4) is 5.75 Å². The molecule has 0 radical (unpaired) electrons. The van der Waals surface area contributed by atoms with E-state index in [0.717, 1.165) is 6.29 Å². The zero-order valence-corrected chi connectivity index (χ0v) is 11.7. The van der Waals surface area contributed by atoms with E-state index in [-0.39, 0.29) is 0 Å². The van der Waals surface area contributed by atoms with Crippen LogP contribution in [0.15, 0.2) is 34.5 Å². The van der Waals surface area contributed by atoms with E-state index >= 15 is 0 Å². The number of allylic oxidation sites excluding steroid dienone is 1. The molecule has 1 aromatic carbocycles. The summed E-state index contributed by atoms with van der Waals surface area (Å²) in [4.78, 5) is 21.8. The normalized spacial score (nSPS) is 10.9. The summed E-state index contributed by atoms with van der Waals surface area (Å²) in [6, 6.07) is 4.92. The second-order valence-corrected chi connectivity index (χ2v) is 4.27. The Bertz CT molecular complexity index is 480. The van der Waals surface area contributed by atoms with E-state index in [9.17, 15) is 9.59 Å². The number of halogens is 1. The second kappa shape index (κ2) is 6.96. The average Bonchev–Trinajstić information content (AvgIpc) is 2.31. The maximum Gasteiger partial charge on any atom is 0.334 e. The van der Waals surface area contributed by atoms with Crippen molar-refractivity contribution in [1.82, 2.24) is 0 Å². The van der Waals surface area contributed by atoms with E-state index in [2.05, 4.69) is 15.9 Å². The number of ether oxygens (including phenoxy) is 2. The van der Waals surface area contributed by atoms with Gasteiger partial charge in [-0.3, -0.25) is 4.79 Å². The van der Waals surface area contributed by atoms with Gasteiger partial charge >= 0.3 is 5.97 Å². The van der Waals surface area contributed by atoms with Crippen LogP contribution in [0.25, 0.3) is 0 Å². The maximum atomic E-state index is 11.2. The van der Waals surface area contributed by atoms with Crippen LogP contribution >= 0.6 is 15.9 Å². The molecule has 4 nitrogen and oxygen atoms in total. The summed E-state index contributed by atoms with van der Waals surface area (Å²) in [7, 11) is 0. The highest BCUT2D eigenvalue weighted by Gasteiger charge is 2.05. The molecule has 0 aliphatic rings. The Morgan fingerprint density at radius 2 is 2.17 bits per heavy atom. The van der Waals surface area contributed by atoms with Crippen LogP contribution in [0.1, 0.15) is 24.2 Å². The van der Waals surface area contributed by atoms with Gasteiger partial charge in [0, 0.05) is 5.56 Å². The van der Waals surface area contributed by atoms with Crippen molar-refractivity contribution >= 4 is 28.2 Å². The molecule has 0 amide bonds. The van der Waals surface area contributed by atoms with Crippen molar-refractivity contribution in [3.05, 3.63) is 40.1 Å². The molecule has 0 spiro atoms. The van der Waals surface area contributed by atoms with E-state index in [1.54, 1.807) is 32.0 Å². The van der Waals surface area contributed by atoms with Crippen LogP contribution in [-0.2, 0) is 9.53 Å². The summed E-state index contributed by atoms with van der Waals surface area (Å²) in [6.45, 7) is 3.70. The molecule has 0 aromatic heterocycles. The zero-order chi connectivity index (χ0) is 13.5.